The lowest BCUT2D eigenvalue weighted by Crippen LogP contribution is -2.37. The number of oxime groups is 1. The van der Waals surface area contributed by atoms with Gasteiger partial charge in [0.05, 0.1) is 5.69 Å². The fourth-order valence-corrected chi connectivity index (χ4v) is 1.67. The van der Waals surface area contributed by atoms with E-state index in [0.29, 0.717) is 31.1 Å². The number of aryl methyl sites for hydroxylation is 1. The van der Waals surface area contributed by atoms with Crippen LogP contribution in [-0.2, 0) is 0 Å². The molecular formula is C12H20N4O3. The summed E-state index contributed by atoms with van der Waals surface area (Å²) in [6, 6.07) is 0. The lowest BCUT2D eigenvalue weighted by molar-refractivity contribution is 0.0707. The van der Waals surface area contributed by atoms with Gasteiger partial charge < -0.3 is 20.3 Å². The highest BCUT2D eigenvalue weighted by Gasteiger charge is 2.22. The normalized spacial score (nSPS) is 11.9. The quantitative estimate of drug-likeness (QED) is 0.349. The van der Waals surface area contributed by atoms with Crippen LogP contribution in [0.3, 0.4) is 0 Å². The third-order valence-corrected chi connectivity index (χ3v) is 2.58. The Bertz CT molecular complexity index is 454. The number of nitrogens with two attached hydrogens (primary N) is 1. The number of amides is 1. The van der Waals surface area contributed by atoms with Crippen LogP contribution >= 0.6 is 0 Å². The van der Waals surface area contributed by atoms with Crippen LogP contribution in [0.25, 0.3) is 0 Å². The number of amidine groups is 1. The summed E-state index contributed by atoms with van der Waals surface area (Å²) >= 11 is 0. The van der Waals surface area contributed by atoms with E-state index in [0.717, 1.165) is 0 Å². The Morgan fingerprint density at radius 1 is 1.63 bits per heavy atom. The Morgan fingerprint density at radius 3 is 2.79 bits per heavy atom. The van der Waals surface area contributed by atoms with Crippen LogP contribution in [0.2, 0.25) is 0 Å². The predicted octanol–water partition coefficient (Wildman–Crippen LogP) is 1.22. The van der Waals surface area contributed by atoms with Crippen molar-refractivity contribution in [1.29, 1.82) is 0 Å². The SMILES string of the molecule is Cc1ncoc1C(=O)N(CCC(N)=NO)CC(C)C. The Morgan fingerprint density at radius 2 is 2.32 bits per heavy atom. The van der Waals surface area contributed by atoms with E-state index in [2.05, 4.69) is 10.1 Å². The minimum Gasteiger partial charge on any atom is -0.438 e. The number of hydrogen-bond acceptors (Lipinski definition) is 5. The molecule has 0 radical (unpaired) electrons. The summed E-state index contributed by atoms with van der Waals surface area (Å²) in [5.41, 5.74) is 5.98. The van der Waals surface area contributed by atoms with E-state index < -0.39 is 0 Å². The van der Waals surface area contributed by atoms with E-state index >= 15 is 0 Å². The summed E-state index contributed by atoms with van der Waals surface area (Å²) in [4.78, 5) is 17.8. The van der Waals surface area contributed by atoms with E-state index in [1.807, 2.05) is 13.8 Å². The molecule has 7 heteroatoms. The number of carbonyl (C=O) groups is 1. The minimum atomic E-state index is -0.227. The Hall–Kier alpha value is -2.05. The van der Waals surface area contributed by atoms with Gasteiger partial charge in [-0.1, -0.05) is 19.0 Å². The molecule has 0 aliphatic carbocycles. The van der Waals surface area contributed by atoms with Gasteiger partial charge in [-0.05, 0) is 12.8 Å². The number of aromatic nitrogens is 1. The van der Waals surface area contributed by atoms with E-state index in [-0.39, 0.29) is 17.5 Å². The predicted molar refractivity (Wildman–Crippen MR) is 70.0 cm³/mol. The van der Waals surface area contributed by atoms with Gasteiger partial charge in [-0.3, -0.25) is 4.79 Å². The monoisotopic (exact) mass is 268 g/mol. The van der Waals surface area contributed by atoms with Crippen LogP contribution in [-0.4, -0.2) is 39.9 Å². The molecule has 0 fully saturated rings. The van der Waals surface area contributed by atoms with Gasteiger partial charge in [0.15, 0.2) is 6.39 Å². The van der Waals surface area contributed by atoms with E-state index in [4.69, 9.17) is 15.4 Å². The maximum Gasteiger partial charge on any atom is 0.291 e. The maximum absolute atomic E-state index is 12.3. The summed E-state index contributed by atoms with van der Waals surface area (Å²) in [5.74, 6) is 0.407. The molecule has 0 aliphatic rings. The number of nitrogens with zero attached hydrogens (tertiary/aromatic N) is 3. The van der Waals surface area contributed by atoms with Crippen molar-refractivity contribution in [3.8, 4) is 0 Å². The highest BCUT2D eigenvalue weighted by Crippen LogP contribution is 2.11. The molecule has 0 atom stereocenters. The third kappa shape index (κ3) is 4.27. The van der Waals surface area contributed by atoms with Gasteiger partial charge >= 0.3 is 0 Å². The van der Waals surface area contributed by atoms with Crippen LogP contribution < -0.4 is 5.73 Å². The first-order chi connectivity index (χ1) is 8.95. The smallest absolute Gasteiger partial charge is 0.291 e. The molecule has 19 heavy (non-hydrogen) atoms. The number of oxazole rings is 1. The summed E-state index contributed by atoms with van der Waals surface area (Å²) in [7, 11) is 0. The molecule has 1 aromatic heterocycles. The maximum atomic E-state index is 12.3. The second kappa shape index (κ2) is 6.77. The summed E-state index contributed by atoms with van der Waals surface area (Å²) in [6.45, 7) is 6.67. The molecule has 3 N–H and O–H groups in total. The molecule has 0 saturated heterocycles. The zero-order valence-corrected chi connectivity index (χ0v) is 11.5. The van der Waals surface area contributed by atoms with Gasteiger partial charge in [-0.15, -0.1) is 0 Å². The molecule has 1 amide bonds. The van der Waals surface area contributed by atoms with E-state index in [1.54, 1.807) is 11.8 Å². The molecule has 0 unspecified atom stereocenters. The van der Waals surface area contributed by atoms with Crippen LogP contribution in [0.15, 0.2) is 16.0 Å². The topological polar surface area (TPSA) is 105 Å². The highest BCUT2D eigenvalue weighted by molar-refractivity contribution is 5.92. The molecule has 0 aliphatic heterocycles. The number of rotatable bonds is 6. The molecule has 1 aromatic rings. The van der Waals surface area contributed by atoms with Crippen molar-refractivity contribution in [2.24, 2.45) is 16.8 Å². The highest BCUT2D eigenvalue weighted by atomic mass is 16.4. The molecule has 0 saturated carbocycles. The standard InChI is InChI=1S/C12H20N4O3/c1-8(2)6-16(5-4-10(13)15-18)12(17)11-9(3)14-7-19-11/h7-8,18H,4-6H2,1-3H3,(H2,13,15). The van der Waals surface area contributed by atoms with Crippen molar-refractivity contribution in [1.82, 2.24) is 9.88 Å². The lowest BCUT2D eigenvalue weighted by atomic mass is 10.2. The first-order valence-corrected chi connectivity index (χ1v) is 6.11. The van der Waals surface area contributed by atoms with Gasteiger partial charge in [-0.2, -0.15) is 0 Å². The largest absolute Gasteiger partial charge is 0.438 e. The molecule has 0 aromatic carbocycles. The fourth-order valence-electron chi connectivity index (χ4n) is 1.67. The first kappa shape index (κ1) is 15.0. The van der Waals surface area contributed by atoms with Gasteiger partial charge in [0, 0.05) is 19.5 Å². The Balaban J connectivity index is 2.79. The minimum absolute atomic E-state index is 0.0934. The van der Waals surface area contributed by atoms with Crippen molar-refractivity contribution >= 4 is 11.7 Å². The van der Waals surface area contributed by atoms with Crippen molar-refractivity contribution in [3.63, 3.8) is 0 Å². The van der Waals surface area contributed by atoms with Crippen molar-refractivity contribution in [2.75, 3.05) is 13.1 Å². The average Bonchev–Trinajstić information content (AvgIpc) is 2.78. The van der Waals surface area contributed by atoms with Crippen LogP contribution in [0.1, 0.15) is 36.5 Å². The Kier molecular flexibility index (Phi) is 5.35. The molecule has 1 rings (SSSR count). The van der Waals surface area contributed by atoms with Crippen LogP contribution in [0.5, 0.6) is 0 Å². The zero-order chi connectivity index (χ0) is 14.4. The summed E-state index contributed by atoms with van der Waals surface area (Å²) in [6.07, 6.45) is 1.56. The van der Waals surface area contributed by atoms with Gasteiger partial charge in [0.1, 0.15) is 5.84 Å². The summed E-state index contributed by atoms with van der Waals surface area (Å²) in [5, 5.41) is 11.4. The van der Waals surface area contributed by atoms with Crippen molar-refractivity contribution < 1.29 is 14.4 Å². The molecule has 1 heterocycles. The van der Waals surface area contributed by atoms with E-state index in [1.165, 1.54) is 6.39 Å². The average molecular weight is 268 g/mol. The second-order valence-electron chi connectivity index (χ2n) is 4.75. The van der Waals surface area contributed by atoms with Crippen LogP contribution in [0, 0.1) is 12.8 Å². The molecule has 106 valence electrons. The van der Waals surface area contributed by atoms with Gasteiger partial charge in [-0.25, -0.2) is 4.98 Å². The summed E-state index contributed by atoms with van der Waals surface area (Å²) < 4.78 is 5.11. The Labute approximate surface area is 112 Å². The van der Waals surface area contributed by atoms with Gasteiger partial charge in [0.2, 0.25) is 5.76 Å². The second-order valence-corrected chi connectivity index (χ2v) is 4.75. The molecule has 7 nitrogen and oxygen atoms in total. The lowest BCUT2D eigenvalue weighted by Gasteiger charge is -2.23. The van der Waals surface area contributed by atoms with Crippen LogP contribution in [0.4, 0.5) is 0 Å². The zero-order valence-electron chi connectivity index (χ0n) is 11.5. The first-order valence-electron chi connectivity index (χ1n) is 6.11. The number of hydrogen-bond donors (Lipinski definition) is 2. The molecule has 0 spiro atoms. The van der Waals surface area contributed by atoms with Gasteiger partial charge in [0.25, 0.3) is 5.91 Å². The van der Waals surface area contributed by atoms with Crippen molar-refractivity contribution in [3.05, 3.63) is 17.8 Å². The number of carbonyl (C=O) groups excluding carboxylic acids is 1. The molecular weight excluding hydrogens is 248 g/mol. The molecule has 0 bridgehead atoms. The van der Waals surface area contributed by atoms with E-state index in [9.17, 15) is 4.79 Å². The fraction of sp³-hybridized carbons (Fsp3) is 0.583. The van der Waals surface area contributed by atoms with Crippen molar-refractivity contribution in [2.45, 2.75) is 27.2 Å². The third-order valence-electron chi connectivity index (χ3n) is 2.58.